The molecule has 0 aliphatic heterocycles. The molecule has 0 unspecified atom stereocenters. The number of amides is 1. The molecule has 0 fully saturated rings. The van der Waals surface area contributed by atoms with Crippen molar-refractivity contribution < 1.29 is 9.18 Å². The summed E-state index contributed by atoms with van der Waals surface area (Å²) in [6, 6.07) is 8.66. The molecule has 0 aromatic heterocycles. The number of hydrogen-bond donors (Lipinski definition) is 1. The van der Waals surface area contributed by atoms with Crippen molar-refractivity contribution in [2.24, 2.45) is 0 Å². The maximum atomic E-state index is 13.6. The molecule has 0 spiro atoms. The molecule has 0 atom stereocenters. The van der Waals surface area contributed by atoms with E-state index in [1.54, 1.807) is 44.2 Å². The van der Waals surface area contributed by atoms with Crippen molar-refractivity contribution in [1.29, 1.82) is 0 Å². The summed E-state index contributed by atoms with van der Waals surface area (Å²) in [5.74, 6) is -0.393. The van der Waals surface area contributed by atoms with Crippen LogP contribution in [0.25, 0.3) is 0 Å². The Balaban J connectivity index is 2.13. The van der Waals surface area contributed by atoms with Gasteiger partial charge in [-0.2, -0.15) is 0 Å². The largest absolute Gasteiger partial charge is 0.348 e. The van der Waals surface area contributed by atoms with Crippen LogP contribution < -0.4 is 5.32 Å². The van der Waals surface area contributed by atoms with E-state index in [0.29, 0.717) is 28.3 Å². The van der Waals surface area contributed by atoms with E-state index in [2.05, 4.69) is 27.9 Å². The van der Waals surface area contributed by atoms with Crippen LogP contribution >= 0.6 is 34.2 Å². The van der Waals surface area contributed by atoms with Gasteiger partial charge in [-0.25, -0.2) is 4.39 Å². The monoisotopic (exact) mass is 417 g/mol. The molecule has 0 aliphatic rings. The van der Waals surface area contributed by atoms with Crippen molar-refractivity contribution >= 4 is 40.1 Å². The Morgan fingerprint density at radius 1 is 1.24 bits per heavy atom. The highest BCUT2D eigenvalue weighted by molar-refractivity contribution is 14.1. The molecule has 0 bridgehead atoms. The molecule has 0 heterocycles. The number of hydrogen-bond acceptors (Lipinski definition) is 1. The molecule has 1 amide bonds. The molecule has 110 valence electrons. The zero-order valence-corrected chi connectivity index (χ0v) is 14.5. The van der Waals surface area contributed by atoms with Gasteiger partial charge in [0.1, 0.15) is 5.82 Å². The fourth-order valence-electron chi connectivity index (χ4n) is 2.09. The summed E-state index contributed by atoms with van der Waals surface area (Å²) in [6.07, 6.45) is 0. The summed E-state index contributed by atoms with van der Waals surface area (Å²) in [7, 11) is 0. The predicted molar refractivity (Wildman–Crippen MR) is 91.2 cm³/mol. The lowest BCUT2D eigenvalue weighted by molar-refractivity contribution is 0.0950. The maximum Gasteiger partial charge on any atom is 0.252 e. The first kappa shape index (κ1) is 16.2. The summed E-state index contributed by atoms with van der Waals surface area (Å²) in [6.45, 7) is 3.78. The third kappa shape index (κ3) is 3.95. The zero-order valence-electron chi connectivity index (χ0n) is 11.6. The van der Waals surface area contributed by atoms with Gasteiger partial charge in [-0.3, -0.25) is 4.79 Å². The minimum atomic E-state index is -0.200. The van der Waals surface area contributed by atoms with Crippen molar-refractivity contribution in [2.45, 2.75) is 20.4 Å². The number of carbonyl (C=O) groups is 1. The first-order valence-corrected chi connectivity index (χ1v) is 7.83. The first-order chi connectivity index (χ1) is 9.88. The van der Waals surface area contributed by atoms with E-state index in [9.17, 15) is 9.18 Å². The lowest BCUT2D eigenvalue weighted by atomic mass is 10.1. The van der Waals surface area contributed by atoms with Crippen LogP contribution in [0, 0.1) is 23.2 Å². The molecule has 0 radical (unpaired) electrons. The van der Waals surface area contributed by atoms with Crippen LogP contribution in [0.3, 0.4) is 0 Å². The second-order valence-corrected chi connectivity index (χ2v) is 6.45. The highest BCUT2D eigenvalue weighted by Crippen LogP contribution is 2.18. The summed E-state index contributed by atoms with van der Waals surface area (Å²) in [5, 5.41) is 3.35. The quantitative estimate of drug-likeness (QED) is 0.725. The summed E-state index contributed by atoms with van der Waals surface area (Å²) < 4.78 is 14.4. The third-order valence-electron chi connectivity index (χ3n) is 3.12. The van der Waals surface area contributed by atoms with Gasteiger partial charge in [0.25, 0.3) is 5.91 Å². The van der Waals surface area contributed by atoms with Crippen LogP contribution in [-0.2, 0) is 6.54 Å². The molecule has 0 saturated carbocycles. The highest BCUT2D eigenvalue weighted by atomic mass is 127. The summed E-state index contributed by atoms with van der Waals surface area (Å²) in [5.41, 5.74) is 2.57. The van der Waals surface area contributed by atoms with E-state index in [1.807, 2.05) is 0 Å². The smallest absolute Gasteiger partial charge is 0.252 e. The predicted octanol–water partition coefficient (Wildman–Crippen LogP) is 4.63. The van der Waals surface area contributed by atoms with E-state index in [0.717, 1.165) is 9.13 Å². The molecule has 0 saturated heterocycles. The van der Waals surface area contributed by atoms with Crippen molar-refractivity contribution in [2.75, 3.05) is 0 Å². The Kier molecular flexibility index (Phi) is 5.22. The minimum absolute atomic E-state index is 0.193. The number of aryl methyl sites for hydroxylation is 2. The fourth-order valence-corrected chi connectivity index (χ4v) is 2.84. The summed E-state index contributed by atoms with van der Waals surface area (Å²) >= 11 is 8.00. The first-order valence-electron chi connectivity index (χ1n) is 6.37. The third-order valence-corrected chi connectivity index (χ3v) is 4.30. The van der Waals surface area contributed by atoms with Crippen molar-refractivity contribution in [3.05, 3.63) is 67.0 Å². The van der Waals surface area contributed by atoms with Crippen LogP contribution in [0.4, 0.5) is 4.39 Å². The van der Waals surface area contributed by atoms with Crippen LogP contribution in [0.5, 0.6) is 0 Å². The van der Waals surface area contributed by atoms with Crippen LogP contribution in [0.15, 0.2) is 30.3 Å². The molecule has 5 heteroatoms. The second kappa shape index (κ2) is 6.75. The molecular weight excluding hydrogens is 404 g/mol. The van der Waals surface area contributed by atoms with Gasteiger partial charge >= 0.3 is 0 Å². The normalized spacial score (nSPS) is 10.5. The fraction of sp³-hybridized carbons (Fsp3) is 0.188. The van der Waals surface area contributed by atoms with Gasteiger partial charge in [0.15, 0.2) is 0 Å². The molecule has 21 heavy (non-hydrogen) atoms. The van der Waals surface area contributed by atoms with Gasteiger partial charge in [-0.15, -0.1) is 0 Å². The molecule has 0 aliphatic carbocycles. The van der Waals surface area contributed by atoms with Gasteiger partial charge < -0.3 is 5.32 Å². The second-order valence-electron chi connectivity index (χ2n) is 4.85. The Hall–Kier alpha value is -1.14. The van der Waals surface area contributed by atoms with Crippen LogP contribution in [-0.4, -0.2) is 5.91 Å². The van der Waals surface area contributed by atoms with E-state index in [-0.39, 0.29) is 11.7 Å². The summed E-state index contributed by atoms with van der Waals surface area (Å²) in [4.78, 5) is 12.2. The van der Waals surface area contributed by atoms with Crippen molar-refractivity contribution in [3.63, 3.8) is 0 Å². The number of rotatable bonds is 3. The van der Waals surface area contributed by atoms with Gasteiger partial charge in [-0.05, 0) is 71.3 Å². The van der Waals surface area contributed by atoms with Crippen molar-refractivity contribution in [3.8, 4) is 0 Å². The SMILES string of the molecule is Cc1cc(CNC(=O)c2cc(Cl)ccc2I)cc(C)c1F. The van der Waals surface area contributed by atoms with E-state index < -0.39 is 0 Å². The molecule has 2 nitrogen and oxygen atoms in total. The Morgan fingerprint density at radius 3 is 2.48 bits per heavy atom. The number of nitrogens with one attached hydrogen (secondary N) is 1. The van der Waals surface area contributed by atoms with Gasteiger partial charge in [-0.1, -0.05) is 23.7 Å². The highest BCUT2D eigenvalue weighted by Gasteiger charge is 2.11. The molecule has 2 aromatic rings. The lowest BCUT2D eigenvalue weighted by Crippen LogP contribution is -2.23. The number of halogens is 3. The number of benzene rings is 2. The van der Waals surface area contributed by atoms with Crippen molar-refractivity contribution in [1.82, 2.24) is 5.32 Å². The average Bonchev–Trinajstić information content (AvgIpc) is 2.44. The van der Waals surface area contributed by atoms with Crippen LogP contribution in [0.1, 0.15) is 27.0 Å². The lowest BCUT2D eigenvalue weighted by Gasteiger charge is -2.10. The molecule has 2 aromatic carbocycles. The van der Waals surface area contributed by atoms with Gasteiger partial charge in [0, 0.05) is 15.1 Å². The van der Waals surface area contributed by atoms with Crippen LogP contribution in [0.2, 0.25) is 5.02 Å². The minimum Gasteiger partial charge on any atom is -0.348 e. The van der Waals surface area contributed by atoms with E-state index >= 15 is 0 Å². The number of carbonyl (C=O) groups excluding carboxylic acids is 1. The standard InChI is InChI=1S/C16H14ClFINO/c1-9-5-11(6-10(2)15(9)18)8-20-16(21)13-7-12(17)3-4-14(13)19/h3-7H,8H2,1-2H3,(H,20,21). The molecule has 1 N–H and O–H groups in total. The van der Waals surface area contributed by atoms with Gasteiger partial charge in [0.2, 0.25) is 0 Å². The van der Waals surface area contributed by atoms with E-state index in [1.165, 1.54) is 0 Å². The van der Waals surface area contributed by atoms with Gasteiger partial charge in [0.05, 0.1) is 5.56 Å². The Morgan fingerprint density at radius 2 is 1.86 bits per heavy atom. The van der Waals surface area contributed by atoms with E-state index in [4.69, 9.17) is 11.6 Å². The maximum absolute atomic E-state index is 13.6. The molecular formula is C16H14ClFINO. The molecule has 2 rings (SSSR count). The Labute approximate surface area is 141 Å². The Bertz CT molecular complexity index is 680. The topological polar surface area (TPSA) is 29.1 Å². The zero-order chi connectivity index (χ0) is 15.6. The average molecular weight is 418 g/mol.